The first-order chi connectivity index (χ1) is 11.2. The van der Waals surface area contributed by atoms with Crippen molar-refractivity contribution in [2.45, 2.75) is 18.9 Å². The number of piperidine rings is 1. The Hall–Kier alpha value is -1.51. The number of halogens is 1. The van der Waals surface area contributed by atoms with Crippen LogP contribution in [0.15, 0.2) is 30.5 Å². The maximum absolute atomic E-state index is 10.7. The molecular formula is C16H18BrN4O2S-. The highest BCUT2D eigenvalue weighted by atomic mass is 79.9. The van der Waals surface area contributed by atoms with Gasteiger partial charge in [-0.1, -0.05) is 11.3 Å². The molecule has 0 aliphatic carbocycles. The molecule has 1 aromatic carbocycles. The maximum Gasteiger partial charge on any atom is 0.269 e. The zero-order valence-electron chi connectivity index (χ0n) is 13.1. The summed E-state index contributed by atoms with van der Waals surface area (Å²) >= 11 is 1.68. The van der Waals surface area contributed by atoms with Crippen LogP contribution in [0, 0.1) is 10.1 Å². The number of hydrogen-bond donors (Lipinski definition) is 0. The van der Waals surface area contributed by atoms with Crippen LogP contribution in [0.1, 0.15) is 12.8 Å². The average Bonchev–Trinajstić information content (AvgIpc) is 2.87. The largest absolute Gasteiger partial charge is 1.00 e. The zero-order chi connectivity index (χ0) is 15.8. The molecule has 0 spiro atoms. The van der Waals surface area contributed by atoms with Gasteiger partial charge in [-0.2, -0.15) is 0 Å². The molecule has 4 heterocycles. The van der Waals surface area contributed by atoms with Gasteiger partial charge in [-0.15, -0.1) is 0 Å². The van der Waals surface area contributed by atoms with Crippen LogP contribution in [0.2, 0.25) is 0 Å². The summed E-state index contributed by atoms with van der Waals surface area (Å²) in [6.07, 6.45) is 4.41. The minimum Gasteiger partial charge on any atom is -1.00 e. The van der Waals surface area contributed by atoms with E-state index in [1.165, 1.54) is 43.1 Å². The molecule has 128 valence electrons. The number of nitrogens with zero attached hydrogens (tertiary/aromatic N) is 4. The lowest BCUT2D eigenvalue weighted by atomic mass is 10.1. The summed E-state index contributed by atoms with van der Waals surface area (Å²) < 4.78 is 0. The highest BCUT2D eigenvalue weighted by molar-refractivity contribution is 7.18. The van der Waals surface area contributed by atoms with Gasteiger partial charge in [-0.05, 0) is 25.0 Å². The number of nitro groups is 1. The lowest BCUT2D eigenvalue weighted by Gasteiger charge is -2.31. The van der Waals surface area contributed by atoms with Gasteiger partial charge in [-0.25, -0.2) is 4.98 Å². The first-order valence-corrected chi connectivity index (χ1v) is 8.72. The van der Waals surface area contributed by atoms with Crippen molar-refractivity contribution in [3.05, 3.63) is 40.6 Å². The fourth-order valence-corrected chi connectivity index (χ4v) is 4.45. The normalized spacial score (nSPS) is 22.8. The predicted molar refractivity (Wildman–Crippen MR) is 91.0 cm³/mol. The maximum atomic E-state index is 10.7. The van der Waals surface area contributed by atoms with Crippen LogP contribution in [0.4, 0.5) is 10.7 Å². The first-order valence-electron chi connectivity index (χ1n) is 7.90. The second-order valence-corrected chi connectivity index (χ2v) is 7.08. The van der Waals surface area contributed by atoms with Gasteiger partial charge in [0.1, 0.15) is 10.0 Å². The van der Waals surface area contributed by atoms with Gasteiger partial charge in [0.05, 0.1) is 11.1 Å². The Balaban J connectivity index is 0.00000169. The van der Waals surface area contributed by atoms with Crippen molar-refractivity contribution in [3.63, 3.8) is 0 Å². The van der Waals surface area contributed by atoms with Crippen molar-refractivity contribution in [1.29, 1.82) is 0 Å². The Labute approximate surface area is 155 Å². The molecule has 2 bridgehead atoms. The van der Waals surface area contributed by atoms with Crippen molar-refractivity contribution in [2.24, 2.45) is 0 Å². The summed E-state index contributed by atoms with van der Waals surface area (Å²) in [5.41, 5.74) is 1.05. The highest BCUT2D eigenvalue weighted by Crippen LogP contribution is 2.35. The Kier molecular flexibility index (Phi) is 5.17. The lowest BCUT2D eigenvalue weighted by molar-refractivity contribution is -0.384. The SMILES string of the molecule is O=[N+]([O-])c1ccc(-c2ncc(N3CCN4CCC3CC4)s2)cc1.[Br-]. The second-order valence-electron chi connectivity index (χ2n) is 6.07. The number of nitro benzene ring substituents is 1. The van der Waals surface area contributed by atoms with Crippen molar-refractivity contribution >= 4 is 22.0 Å². The molecule has 1 aromatic heterocycles. The molecule has 0 radical (unpaired) electrons. The summed E-state index contributed by atoms with van der Waals surface area (Å²) in [4.78, 5) is 20.0. The molecule has 3 aliphatic rings. The van der Waals surface area contributed by atoms with Gasteiger partial charge >= 0.3 is 0 Å². The summed E-state index contributed by atoms with van der Waals surface area (Å²) in [6.45, 7) is 4.60. The third-order valence-corrected chi connectivity index (χ3v) is 5.84. The average molecular weight is 410 g/mol. The zero-order valence-corrected chi connectivity index (χ0v) is 15.5. The van der Waals surface area contributed by atoms with E-state index in [4.69, 9.17) is 0 Å². The van der Waals surface area contributed by atoms with Gasteiger partial charge < -0.3 is 26.8 Å². The summed E-state index contributed by atoms with van der Waals surface area (Å²) in [6, 6.07) is 7.26. The van der Waals surface area contributed by atoms with Crippen molar-refractivity contribution in [2.75, 3.05) is 31.1 Å². The van der Waals surface area contributed by atoms with Crippen LogP contribution in [-0.4, -0.2) is 47.0 Å². The molecule has 24 heavy (non-hydrogen) atoms. The topological polar surface area (TPSA) is 62.5 Å². The van der Waals surface area contributed by atoms with Crippen LogP contribution in [0.5, 0.6) is 0 Å². The molecule has 6 nitrogen and oxygen atoms in total. The number of hydrogen-bond acceptors (Lipinski definition) is 6. The van der Waals surface area contributed by atoms with Gasteiger partial charge in [0.2, 0.25) is 0 Å². The Morgan fingerprint density at radius 3 is 2.50 bits per heavy atom. The quantitative estimate of drug-likeness (QED) is 0.527. The molecule has 0 saturated carbocycles. The van der Waals surface area contributed by atoms with E-state index in [0.717, 1.165) is 23.7 Å². The van der Waals surface area contributed by atoms with E-state index >= 15 is 0 Å². The molecule has 5 rings (SSSR count). The summed E-state index contributed by atoms with van der Waals surface area (Å²) in [7, 11) is 0. The van der Waals surface area contributed by atoms with E-state index in [1.54, 1.807) is 23.5 Å². The molecule has 0 amide bonds. The molecule has 0 atom stereocenters. The van der Waals surface area contributed by atoms with E-state index in [1.807, 2.05) is 6.20 Å². The molecule has 0 unspecified atom stereocenters. The predicted octanol–water partition coefficient (Wildman–Crippen LogP) is 0.00670. The molecule has 3 saturated heterocycles. The van der Waals surface area contributed by atoms with Gasteiger partial charge in [0.25, 0.3) is 5.69 Å². The van der Waals surface area contributed by atoms with Gasteiger partial charge in [0, 0.05) is 49.9 Å². The number of aromatic nitrogens is 1. The molecular weight excluding hydrogens is 392 g/mol. The third-order valence-electron chi connectivity index (χ3n) is 4.76. The van der Waals surface area contributed by atoms with E-state index < -0.39 is 0 Å². The van der Waals surface area contributed by atoms with Crippen LogP contribution in [0.3, 0.4) is 0 Å². The summed E-state index contributed by atoms with van der Waals surface area (Å²) in [5.74, 6) is 0. The van der Waals surface area contributed by atoms with Crippen LogP contribution in [0.25, 0.3) is 10.6 Å². The van der Waals surface area contributed by atoms with Gasteiger partial charge in [-0.3, -0.25) is 10.1 Å². The lowest BCUT2D eigenvalue weighted by Crippen LogP contribution is -3.00. The molecule has 0 N–H and O–H groups in total. The highest BCUT2D eigenvalue weighted by Gasteiger charge is 2.30. The van der Waals surface area contributed by atoms with E-state index in [2.05, 4.69) is 14.8 Å². The number of benzene rings is 1. The fraction of sp³-hybridized carbons (Fsp3) is 0.438. The molecule has 3 fully saturated rings. The van der Waals surface area contributed by atoms with Crippen LogP contribution >= 0.6 is 11.3 Å². The number of fused-ring (bicyclic) bond motifs is 4. The Morgan fingerprint density at radius 1 is 1.12 bits per heavy atom. The van der Waals surface area contributed by atoms with E-state index in [9.17, 15) is 10.1 Å². The first kappa shape index (κ1) is 17.3. The minimum atomic E-state index is -0.375. The van der Waals surface area contributed by atoms with Crippen molar-refractivity contribution in [3.8, 4) is 10.6 Å². The van der Waals surface area contributed by atoms with E-state index in [0.29, 0.717) is 6.04 Å². The van der Waals surface area contributed by atoms with Gasteiger partial charge in [0.15, 0.2) is 0 Å². The van der Waals surface area contributed by atoms with Crippen molar-refractivity contribution in [1.82, 2.24) is 9.88 Å². The fourth-order valence-electron chi connectivity index (χ4n) is 3.43. The molecule has 2 aromatic rings. The van der Waals surface area contributed by atoms with Crippen LogP contribution < -0.4 is 21.9 Å². The number of non-ortho nitro benzene ring substituents is 1. The molecule has 8 heteroatoms. The smallest absolute Gasteiger partial charge is 0.269 e. The Bertz CT molecular complexity index is 713. The number of anilines is 1. The van der Waals surface area contributed by atoms with E-state index in [-0.39, 0.29) is 27.6 Å². The van der Waals surface area contributed by atoms with Crippen LogP contribution in [-0.2, 0) is 0 Å². The number of rotatable bonds is 3. The Morgan fingerprint density at radius 2 is 1.83 bits per heavy atom. The number of thiazole rings is 1. The molecule has 3 aliphatic heterocycles. The monoisotopic (exact) mass is 409 g/mol. The third kappa shape index (κ3) is 3.31. The van der Waals surface area contributed by atoms with Crippen molar-refractivity contribution < 1.29 is 21.9 Å². The second kappa shape index (κ2) is 7.16. The minimum absolute atomic E-state index is 0. The standard InChI is InChI=1S/C16H18N4O2S.BrH/c21-20(22)14-3-1-12(2-4-14)16-17-11-15(23-16)19-10-9-18-7-5-13(19)6-8-18;/h1-4,11,13H,5-10H2;1H/p-1. The summed E-state index contributed by atoms with van der Waals surface area (Å²) in [5, 5.41) is 12.9.